The quantitative estimate of drug-likeness (QED) is 0.0752. The van der Waals surface area contributed by atoms with Crippen molar-refractivity contribution in [1.29, 1.82) is 0 Å². The monoisotopic (exact) mass is 438 g/mol. The largest absolute Gasteiger partial charge is 0.329 e. The van der Waals surface area contributed by atoms with Crippen molar-refractivity contribution in [3.8, 4) is 0 Å². The van der Waals surface area contributed by atoms with Gasteiger partial charge in [0.25, 0.3) is 0 Å². The van der Waals surface area contributed by atoms with E-state index in [4.69, 9.17) is 34.4 Å². The predicted octanol–water partition coefficient (Wildman–Crippen LogP) is -5.75. The van der Waals surface area contributed by atoms with E-state index in [9.17, 15) is 0 Å². The van der Waals surface area contributed by atoms with Crippen LogP contribution in [-0.2, 0) is 0 Å². The van der Waals surface area contributed by atoms with Crippen LogP contribution in [0.5, 0.6) is 0 Å². The predicted molar refractivity (Wildman–Crippen MR) is 132 cm³/mol. The van der Waals surface area contributed by atoms with Crippen molar-refractivity contribution in [2.75, 3.05) is 118 Å². The third kappa shape index (κ3) is 46.0. The van der Waals surface area contributed by atoms with Crippen LogP contribution in [0.4, 0.5) is 0 Å². The topological polar surface area (TPSA) is 228 Å². The Morgan fingerprint density at radius 2 is 0.367 bits per heavy atom. The summed E-state index contributed by atoms with van der Waals surface area (Å²) in [4.78, 5) is 0. The average molecular weight is 439 g/mol. The van der Waals surface area contributed by atoms with Crippen molar-refractivity contribution in [2.24, 2.45) is 34.4 Å². The van der Waals surface area contributed by atoms with Gasteiger partial charge in [0.1, 0.15) is 0 Å². The van der Waals surface area contributed by atoms with E-state index in [0.29, 0.717) is 39.3 Å². The molecule has 0 rings (SSSR count). The minimum absolute atomic E-state index is 0.694. The fraction of sp³-hybridized carbons (Fsp3) is 1.00. The smallest absolute Gasteiger partial charge is 0.00772 e. The molecule has 0 fully saturated rings. The van der Waals surface area contributed by atoms with E-state index < -0.39 is 0 Å². The number of nitrogens with one attached hydrogen (secondary N) is 6. The summed E-state index contributed by atoms with van der Waals surface area (Å²) in [7, 11) is 0. The van der Waals surface area contributed by atoms with Crippen LogP contribution in [0.2, 0.25) is 0 Å². The number of hydrogen-bond acceptors (Lipinski definition) is 12. The molecular weight excluding hydrogens is 384 g/mol. The third-order valence-corrected chi connectivity index (χ3v) is 3.36. The van der Waals surface area contributed by atoms with Crippen LogP contribution < -0.4 is 66.3 Å². The summed E-state index contributed by atoms with van der Waals surface area (Å²) < 4.78 is 0. The van der Waals surface area contributed by atoms with Gasteiger partial charge in [-0.3, -0.25) is 0 Å². The van der Waals surface area contributed by atoms with Crippen molar-refractivity contribution in [1.82, 2.24) is 31.9 Å². The van der Waals surface area contributed by atoms with Gasteiger partial charge in [-0.05, 0) is 0 Å². The van der Waals surface area contributed by atoms with Gasteiger partial charge in [-0.2, -0.15) is 0 Å². The first-order valence-corrected chi connectivity index (χ1v) is 11.2. The summed E-state index contributed by atoms with van der Waals surface area (Å²) in [6.07, 6.45) is 0. The normalized spacial score (nSPS) is 10.2. The highest BCUT2D eigenvalue weighted by Crippen LogP contribution is 1.61. The second-order valence-electron chi connectivity index (χ2n) is 6.23. The molecule has 0 aromatic heterocycles. The molecule has 186 valence electrons. The SMILES string of the molecule is NCCNCCN.NCCNCCNCCN.NCCNCCNCCNCCN. The molecule has 0 aliphatic rings. The van der Waals surface area contributed by atoms with E-state index in [1.165, 1.54) is 0 Å². The second kappa shape index (κ2) is 39.0. The van der Waals surface area contributed by atoms with Crippen LogP contribution in [-0.4, -0.2) is 118 Å². The standard InChI is InChI=1S/C8H23N5.C6H18N4.C4H13N3/c9-1-3-11-5-7-13-8-6-12-4-2-10;7-1-3-9-5-6-10-4-2-8;5-1-3-7-4-2-6/h11-13H,1-10H2;9-10H,1-8H2;7H,1-6H2. The van der Waals surface area contributed by atoms with Crippen molar-refractivity contribution < 1.29 is 0 Å². The van der Waals surface area contributed by atoms with Crippen LogP contribution in [0.1, 0.15) is 0 Å². The van der Waals surface area contributed by atoms with Crippen LogP contribution in [0.15, 0.2) is 0 Å². The molecule has 0 bridgehead atoms. The van der Waals surface area contributed by atoms with E-state index >= 15 is 0 Å². The average Bonchev–Trinajstić information content (AvgIpc) is 2.76. The molecule has 0 radical (unpaired) electrons. The van der Waals surface area contributed by atoms with Gasteiger partial charge in [-0.25, -0.2) is 0 Å². The Hall–Kier alpha value is -0.480. The highest BCUT2D eigenvalue weighted by Gasteiger charge is 1.87. The summed E-state index contributed by atoms with van der Waals surface area (Å²) in [6, 6.07) is 0. The molecule has 0 aliphatic heterocycles. The van der Waals surface area contributed by atoms with E-state index in [0.717, 1.165) is 78.5 Å². The minimum Gasteiger partial charge on any atom is -0.329 e. The molecule has 0 aromatic rings. The molecule has 0 aromatic carbocycles. The highest BCUT2D eigenvalue weighted by atomic mass is 15.0. The molecular formula is C18H54N12. The maximum absolute atomic E-state index is 5.32. The summed E-state index contributed by atoms with van der Waals surface area (Å²) in [5.41, 5.74) is 31.5. The number of rotatable bonds is 21. The fourth-order valence-electron chi connectivity index (χ4n) is 1.89. The van der Waals surface area contributed by atoms with E-state index in [1.54, 1.807) is 0 Å². The Labute approximate surface area is 184 Å². The van der Waals surface area contributed by atoms with Crippen LogP contribution in [0.3, 0.4) is 0 Å². The van der Waals surface area contributed by atoms with Crippen LogP contribution in [0.25, 0.3) is 0 Å². The number of hydrogen-bond donors (Lipinski definition) is 12. The molecule has 18 N–H and O–H groups in total. The Kier molecular flexibility index (Phi) is 44.4. The molecule has 0 spiro atoms. The van der Waals surface area contributed by atoms with E-state index in [2.05, 4.69) is 31.9 Å². The van der Waals surface area contributed by atoms with Gasteiger partial charge in [-0.15, -0.1) is 0 Å². The van der Waals surface area contributed by atoms with Gasteiger partial charge in [0.15, 0.2) is 0 Å². The lowest BCUT2D eigenvalue weighted by Gasteiger charge is -2.06. The Morgan fingerprint density at radius 3 is 0.533 bits per heavy atom. The molecule has 0 heterocycles. The minimum atomic E-state index is 0.694. The zero-order valence-corrected chi connectivity index (χ0v) is 19.2. The van der Waals surface area contributed by atoms with E-state index in [-0.39, 0.29) is 0 Å². The zero-order valence-electron chi connectivity index (χ0n) is 19.2. The lowest BCUT2D eigenvalue weighted by Crippen LogP contribution is -2.35. The van der Waals surface area contributed by atoms with Gasteiger partial charge in [-0.1, -0.05) is 0 Å². The van der Waals surface area contributed by atoms with Gasteiger partial charge in [0, 0.05) is 118 Å². The lowest BCUT2D eigenvalue weighted by molar-refractivity contribution is 0.586. The number of nitrogens with two attached hydrogens (primary N) is 6. The lowest BCUT2D eigenvalue weighted by atomic mass is 10.5. The molecule has 0 atom stereocenters. The molecule has 0 saturated carbocycles. The summed E-state index contributed by atoms with van der Waals surface area (Å²) >= 11 is 0. The Balaban J connectivity index is -0.000000383. The Morgan fingerprint density at radius 1 is 0.233 bits per heavy atom. The van der Waals surface area contributed by atoms with Gasteiger partial charge >= 0.3 is 0 Å². The summed E-state index contributed by atoms with van der Waals surface area (Å²) in [5.74, 6) is 0. The van der Waals surface area contributed by atoms with Crippen molar-refractivity contribution in [3.63, 3.8) is 0 Å². The van der Waals surface area contributed by atoms with Crippen LogP contribution >= 0.6 is 0 Å². The molecule has 0 unspecified atom stereocenters. The van der Waals surface area contributed by atoms with E-state index in [1.807, 2.05) is 0 Å². The van der Waals surface area contributed by atoms with Crippen LogP contribution in [0, 0.1) is 0 Å². The van der Waals surface area contributed by atoms with Gasteiger partial charge in [0.05, 0.1) is 0 Å². The third-order valence-electron chi connectivity index (χ3n) is 3.36. The zero-order chi connectivity index (χ0) is 23.0. The molecule has 0 amide bonds. The molecule has 12 heteroatoms. The Bertz CT molecular complexity index is 227. The first-order valence-electron chi connectivity index (χ1n) is 11.2. The molecule has 0 aliphatic carbocycles. The molecule has 0 saturated heterocycles. The molecule has 12 nitrogen and oxygen atoms in total. The summed E-state index contributed by atoms with van der Waals surface area (Å²) in [5, 5.41) is 19.1. The first-order chi connectivity index (χ1) is 14.7. The van der Waals surface area contributed by atoms with Crippen molar-refractivity contribution in [2.45, 2.75) is 0 Å². The van der Waals surface area contributed by atoms with Gasteiger partial charge in [0.2, 0.25) is 0 Å². The first kappa shape index (κ1) is 34.1. The van der Waals surface area contributed by atoms with Crippen molar-refractivity contribution >= 4 is 0 Å². The highest BCUT2D eigenvalue weighted by molar-refractivity contribution is 4.55. The van der Waals surface area contributed by atoms with Crippen molar-refractivity contribution in [3.05, 3.63) is 0 Å². The maximum atomic E-state index is 5.32. The second-order valence-corrected chi connectivity index (χ2v) is 6.23. The fourth-order valence-corrected chi connectivity index (χ4v) is 1.89. The summed E-state index contributed by atoms with van der Waals surface area (Å²) in [6.45, 7) is 15.4. The van der Waals surface area contributed by atoms with Gasteiger partial charge < -0.3 is 66.3 Å². The maximum Gasteiger partial charge on any atom is 0.00772 e. The molecule has 30 heavy (non-hydrogen) atoms.